The molecule has 170 valence electrons. The highest BCUT2D eigenvalue weighted by molar-refractivity contribution is 5.95. The molecule has 6 heteroatoms. The molecular weight excluding hydrogens is 429 g/mol. The normalized spacial score (nSPS) is 18.1. The molecule has 0 saturated carbocycles. The lowest BCUT2D eigenvalue weighted by molar-refractivity contribution is -0.00521. The summed E-state index contributed by atoms with van der Waals surface area (Å²) in [5.74, 6) is -0.501. The molecule has 2 heterocycles. The molecule has 5 nitrogen and oxygen atoms in total. The second-order valence-electron chi connectivity index (χ2n) is 8.78. The number of nitriles is 1. The third-order valence-electron chi connectivity index (χ3n) is 6.27. The van der Waals surface area contributed by atoms with Crippen LogP contribution in [0, 0.1) is 17.1 Å². The third kappa shape index (κ3) is 3.95. The van der Waals surface area contributed by atoms with Crippen molar-refractivity contribution in [1.29, 1.82) is 5.26 Å². The lowest BCUT2D eigenvalue weighted by Gasteiger charge is -2.36. The Hall–Kier alpha value is -3.95. The molecule has 2 atom stereocenters. The van der Waals surface area contributed by atoms with Crippen LogP contribution in [0.3, 0.4) is 0 Å². The minimum atomic E-state index is -0.501. The summed E-state index contributed by atoms with van der Waals surface area (Å²) in [6, 6.07) is 19.5. The van der Waals surface area contributed by atoms with Gasteiger partial charge in [0.25, 0.3) is 0 Å². The number of nitrogens with one attached hydrogen (secondary N) is 1. The topological polar surface area (TPSA) is 69.1 Å². The van der Waals surface area contributed by atoms with Crippen LogP contribution in [0.4, 0.5) is 10.1 Å². The Morgan fingerprint density at radius 3 is 2.41 bits per heavy atom. The number of nitrogens with zero attached hydrogens (tertiary/aromatic N) is 2. The number of halogens is 1. The number of benzene rings is 3. The lowest BCUT2D eigenvalue weighted by Crippen LogP contribution is -2.45. The highest BCUT2D eigenvalue weighted by Gasteiger charge is 2.22. The third-order valence-corrected chi connectivity index (χ3v) is 6.27. The van der Waals surface area contributed by atoms with Gasteiger partial charge >= 0.3 is 0 Å². The molecule has 4 aromatic rings. The van der Waals surface area contributed by atoms with Gasteiger partial charge in [0.1, 0.15) is 5.82 Å². The van der Waals surface area contributed by atoms with Crippen molar-refractivity contribution < 1.29 is 9.13 Å². The summed E-state index contributed by atoms with van der Waals surface area (Å²) in [4.78, 5) is 18.9. The van der Waals surface area contributed by atoms with Crippen LogP contribution in [0.15, 0.2) is 71.7 Å². The van der Waals surface area contributed by atoms with Crippen LogP contribution in [0.1, 0.15) is 19.4 Å². The molecule has 0 spiro atoms. The number of rotatable bonds is 3. The minimum Gasteiger partial charge on any atom is -0.372 e. The van der Waals surface area contributed by atoms with Crippen molar-refractivity contribution in [2.75, 3.05) is 18.0 Å². The van der Waals surface area contributed by atoms with Gasteiger partial charge in [-0.1, -0.05) is 30.3 Å². The second-order valence-corrected chi connectivity index (χ2v) is 8.78. The first-order valence-electron chi connectivity index (χ1n) is 11.3. The smallest absolute Gasteiger partial charge is 0.197 e. The van der Waals surface area contributed by atoms with Crippen LogP contribution in [-0.4, -0.2) is 30.3 Å². The summed E-state index contributed by atoms with van der Waals surface area (Å²) in [6.07, 6.45) is 2.02. The molecule has 1 N–H and O–H groups in total. The highest BCUT2D eigenvalue weighted by Crippen LogP contribution is 2.30. The molecule has 3 aromatic carbocycles. The van der Waals surface area contributed by atoms with Gasteiger partial charge in [0, 0.05) is 47.1 Å². The molecule has 0 amide bonds. The number of morpholine rings is 1. The predicted octanol–water partition coefficient (Wildman–Crippen LogP) is 5.49. The minimum absolute atomic E-state index is 0.119. The van der Waals surface area contributed by atoms with E-state index >= 15 is 0 Å². The van der Waals surface area contributed by atoms with Gasteiger partial charge in [0.2, 0.25) is 0 Å². The first kappa shape index (κ1) is 21.9. The molecule has 0 unspecified atom stereocenters. The fourth-order valence-corrected chi connectivity index (χ4v) is 4.73. The van der Waals surface area contributed by atoms with E-state index in [1.54, 1.807) is 36.5 Å². The highest BCUT2D eigenvalue weighted by atomic mass is 19.1. The van der Waals surface area contributed by atoms with Crippen molar-refractivity contribution >= 4 is 16.6 Å². The number of anilines is 1. The van der Waals surface area contributed by atoms with Gasteiger partial charge in [-0.25, -0.2) is 4.39 Å². The fourth-order valence-electron chi connectivity index (χ4n) is 4.73. The van der Waals surface area contributed by atoms with Gasteiger partial charge in [-0.05, 0) is 49.7 Å². The van der Waals surface area contributed by atoms with E-state index in [1.807, 2.05) is 30.3 Å². The van der Waals surface area contributed by atoms with Crippen molar-refractivity contribution in [3.05, 3.63) is 88.5 Å². The van der Waals surface area contributed by atoms with Crippen LogP contribution < -0.4 is 10.3 Å². The zero-order valence-corrected chi connectivity index (χ0v) is 19.0. The Kier molecular flexibility index (Phi) is 5.64. The van der Waals surface area contributed by atoms with Crippen molar-refractivity contribution in [3.8, 4) is 28.3 Å². The van der Waals surface area contributed by atoms with Crippen LogP contribution >= 0.6 is 0 Å². The fraction of sp³-hybridized carbons (Fsp3) is 0.214. The summed E-state index contributed by atoms with van der Waals surface area (Å²) >= 11 is 0. The number of para-hydroxylation sites is 1. The maximum absolute atomic E-state index is 14.7. The van der Waals surface area contributed by atoms with E-state index in [2.05, 4.69) is 23.7 Å². The number of hydrogen-bond donors (Lipinski definition) is 1. The average molecular weight is 454 g/mol. The van der Waals surface area contributed by atoms with Gasteiger partial charge in [-0.15, -0.1) is 0 Å². The van der Waals surface area contributed by atoms with Crippen molar-refractivity contribution in [2.24, 2.45) is 0 Å². The van der Waals surface area contributed by atoms with E-state index in [9.17, 15) is 9.18 Å². The summed E-state index contributed by atoms with van der Waals surface area (Å²) < 4.78 is 20.5. The van der Waals surface area contributed by atoms with Gasteiger partial charge in [0.05, 0.1) is 29.4 Å². The maximum atomic E-state index is 14.7. The molecule has 5 rings (SSSR count). The Balaban J connectivity index is 1.52. The zero-order valence-electron chi connectivity index (χ0n) is 19.0. The molecule has 0 radical (unpaired) electrons. The van der Waals surface area contributed by atoms with Gasteiger partial charge in [-0.2, -0.15) is 5.26 Å². The number of pyridine rings is 1. The van der Waals surface area contributed by atoms with Gasteiger partial charge in [0.15, 0.2) is 5.43 Å². The summed E-state index contributed by atoms with van der Waals surface area (Å²) in [7, 11) is 0. The van der Waals surface area contributed by atoms with Crippen molar-refractivity contribution in [2.45, 2.75) is 26.1 Å². The number of fused-ring (bicyclic) bond motifs is 1. The van der Waals surface area contributed by atoms with E-state index in [0.29, 0.717) is 27.6 Å². The number of hydrogen-bond acceptors (Lipinski definition) is 4. The van der Waals surface area contributed by atoms with Crippen LogP contribution in [0.25, 0.3) is 33.2 Å². The molecule has 1 aliphatic heterocycles. The summed E-state index contributed by atoms with van der Waals surface area (Å²) in [5.41, 5.74) is 4.08. The standard InChI is InChI=1S/C28H24FN3O2/c1-17-15-32(16-18(2)34-17)21-9-7-20(8-10-21)25-14-31-27-23(4-3-5-24(27)28(25)33)22-11-6-19(13-30)12-26(22)29/h3-12,14,17-18H,15-16H2,1-2H3,(H,31,33)/t17-,18+. The van der Waals surface area contributed by atoms with Crippen molar-refractivity contribution in [3.63, 3.8) is 0 Å². The van der Waals surface area contributed by atoms with Crippen molar-refractivity contribution in [1.82, 2.24) is 4.98 Å². The lowest BCUT2D eigenvalue weighted by atomic mass is 9.98. The molecular formula is C28H24FN3O2. The number of H-pyrrole nitrogens is 1. The maximum Gasteiger partial charge on any atom is 0.197 e. The van der Waals surface area contributed by atoms with Crippen LogP contribution in [0.5, 0.6) is 0 Å². The molecule has 1 aromatic heterocycles. The number of ether oxygens (including phenoxy) is 1. The Morgan fingerprint density at radius 1 is 1.00 bits per heavy atom. The first-order chi connectivity index (χ1) is 16.4. The van der Waals surface area contributed by atoms with Gasteiger partial charge in [-0.3, -0.25) is 4.79 Å². The average Bonchev–Trinajstić information content (AvgIpc) is 2.84. The number of aromatic amines is 1. The summed E-state index contributed by atoms with van der Waals surface area (Å²) in [5, 5.41) is 9.50. The van der Waals surface area contributed by atoms with E-state index in [-0.39, 0.29) is 23.2 Å². The Morgan fingerprint density at radius 2 is 1.74 bits per heavy atom. The monoisotopic (exact) mass is 453 g/mol. The SMILES string of the molecule is C[C@@H]1CN(c2ccc(-c3c[nH]c4c(-c5ccc(C#N)cc5F)cccc4c3=O)cc2)C[C@H](C)O1. The van der Waals surface area contributed by atoms with E-state index in [0.717, 1.165) is 24.3 Å². The molecule has 1 fully saturated rings. The zero-order chi connectivity index (χ0) is 23.8. The van der Waals surface area contributed by atoms with E-state index < -0.39 is 5.82 Å². The molecule has 0 bridgehead atoms. The molecule has 1 saturated heterocycles. The largest absolute Gasteiger partial charge is 0.372 e. The molecule has 34 heavy (non-hydrogen) atoms. The quantitative estimate of drug-likeness (QED) is 0.446. The van der Waals surface area contributed by atoms with Crippen LogP contribution in [-0.2, 0) is 4.74 Å². The van der Waals surface area contributed by atoms with E-state index in [4.69, 9.17) is 10.00 Å². The second kappa shape index (κ2) is 8.77. The van der Waals surface area contributed by atoms with E-state index in [1.165, 1.54) is 6.07 Å². The predicted molar refractivity (Wildman–Crippen MR) is 132 cm³/mol. The number of aromatic nitrogens is 1. The Labute approximate surface area is 197 Å². The van der Waals surface area contributed by atoms with Crippen LogP contribution in [0.2, 0.25) is 0 Å². The molecule has 1 aliphatic rings. The first-order valence-corrected chi connectivity index (χ1v) is 11.3. The van der Waals surface area contributed by atoms with Gasteiger partial charge < -0.3 is 14.6 Å². The summed E-state index contributed by atoms with van der Waals surface area (Å²) in [6.45, 7) is 5.80. The Bertz CT molecular complexity index is 1460. The molecule has 0 aliphatic carbocycles.